The molecule has 0 saturated carbocycles. The summed E-state index contributed by atoms with van der Waals surface area (Å²) in [5, 5.41) is 21.8. The monoisotopic (exact) mass is 364 g/mol. The van der Waals surface area contributed by atoms with Crippen LogP contribution in [0.5, 0.6) is 0 Å². The van der Waals surface area contributed by atoms with E-state index in [-0.39, 0.29) is 20.0 Å². The van der Waals surface area contributed by atoms with Crippen molar-refractivity contribution in [3.05, 3.63) is 35.5 Å². The first-order chi connectivity index (χ1) is 7.95. The second kappa shape index (κ2) is 4.04. The van der Waals surface area contributed by atoms with Crippen molar-refractivity contribution in [1.29, 1.82) is 0 Å². The highest BCUT2D eigenvalue weighted by atomic mass is 79.9. The number of nitrogens with zero attached hydrogens (tertiary/aromatic N) is 3. The third kappa shape index (κ3) is 1.69. The molecule has 1 aromatic heterocycles. The molecular weight excluding hydrogens is 364 g/mol. The van der Waals surface area contributed by atoms with Gasteiger partial charge in [-0.3, -0.25) is 20.2 Å². The zero-order valence-corrected chi connectivity index (χ0v) is 11.0. The Balaban J connectivity index is 3.02. The molecule has 2 aromatic rings. The van der Waals surface area contributed by atoms with E-state index in [2.05, 4.69) is 41.8 Å². The van der Waals surface area contributed by atoms with Crippen LogP contribution in [0.4, 0.5) is 11.4 Å². The average molecular weight is 366 g/mol. The van der Waals surface area contributed by atoms with E-state index < -0.39 is 21.2 Å². The van der Waals surface area contributed by atoms with E-state index in [1.165, 1.54) is 6.33 Å². The first kappa shape index (κ1) is 11.9. The van der Waals surface area contributed by atoms with Gasteiger partial charge in [0.1, 0.15) is 4.47 Å². The van der Waals surface area contributed by atoms with E-state index in [0.29, 0.717) is 0 Å². The number of nitro groups is 2. The highest BCUT2D eigenvalue weighted by Crippen LogP contribution is 2.44. The first-order valence-electron chi connectivity index (χ1n) is 4.08. The Bertz CT molecular complexity index is 653. The largest absolute Gasteiger partial charge is 0.343 e. The van der Waals surface area contributed by atoms with Gasteiger partial charge in [0.25, 0.3) is 0 Å². The van der Waals surface area contributed by atoms with Gasteiger partial charge in [-0.1, -0.05) is 0 Å². The fourth-order valence-electron chi connectivity index (χ4n) is 1.40. The molecule has 1 N–H and O–H groups in total. The summed E-state index contributed by atoms with van der Waals surface area (Å²) in [5.41, 5.74) is -0.574. The van der Waals surface area contributed by atoms with Crippen LogP contribution in [0.2, 0.25) is 0 Å². The number of hydrogen-bond donors (Lipinski definition) is 1. The van der Waals surface area contributed by atoms with Crippen molar-refractivity contribution in [3.63, 3.8) is 0 Å². The van der Waals surface area contributed by atoms with E-state index in [4.69, 9.17) is 0 Å². The van der Waals surface area contributed by atoms with E-state index in [1.807, 2.05) is 0 Å². The molecule has 0 atom stereocenters. The van der Waals surface area contributed by atoms with Gasteiger partial charge in [-0.05, 0) is 31.9 Å². The summed E-state index contributed by atoms with van der Waals surface area (Å²) >= 11 is 5.90. The van der Waals surface area contributed by atoms with Gasteiger partial charge in [-0.15, -0.1) is 0 Å². The summed E-state index contributed by atoms with van der Waals surface area (Å²) in [4.78, 5) is 26.8. The fourth-order valence-corrected chi connectivity index (χ4v) is 2.99. The normalized spacial score (nSPS) is 10.7. The molecule has 0 unspecified atom stereocenters. The molecule has 1 heterocycles. The van der Waals surface area contributed by atoms with Crippen molar-refractivity contribution in [1.82, 2.24) is 9.97 Å². The fraction of sp³-hybridized carbons (Fsp3) is 0. The third-order valence-electron chi connectivity index (χ3n) is 2.07. The molecule has 1 aromatic carbocycles. The van der Waals surface area contributed by atoms with Gasteiger partial charge in [0.05, 0.1) is 21.7 Å². The van der Waals surface area contributed by atoms with Gasteiger partial charge < -0.3 is 4.98 Å². The SMILES string of the molecule is O=[N+]([O-])c1c(Br)c([N+](=O)[O-])c2nc[nH]c2c1Br. The van der Waals surface area contributed by atoms with Crippen molar-refractivity contribution in [2.75, 3.05) is 0 Å². The molecular formula is C7H2Br2N4O4. The lowest BCUT2D eigenvalue weighted by Gasteiger charge is -2.01. The molecule has 0 saturated heterocycles. The predicted molar refractivity (Wildman–Crippen MR) is 64.8 cm³/mol. The van der Waals surface area contributed by atoms with Crippen LogP contribution in [0.15, 0.2) is 15.3 Å². The maximum absolute atomic E-state index is 10.9. The van der Waals surface area contributed by atoms with Gasteiger partial charge in [-0.25, -0.2) is 4.98 Å². The van der Waals surface area contributed by atoms with Crippen molar-refractivity contribution < 1.29 is 9.85 Å². The Morgan fingerprint density at radius 3 is 2.24 bits per heavy atom. The lowest BCUT2D eigenvalue weighted by Crippen LogP contribution is -1.98. The summed E-state index contributed by atoms with van der Waals surface area (Å²) < 4.78 is -0.0912. The molecule has 0 bridgehead atoms. The molecule has 88 valence electrons. The summed E-state index contributed by atoms with van der Waals surface area (Å²) in [6.45, 7) is 0. The van der Waals surface area contributed by atoms with Gasteiger partial charge in [-0.2, -0.15) is 0 Å². The first-order valence-corrected chi connectivity index (χ1v) is 5.66. The zero-order chi connectivity index (χ0) is 12.7. The van der Waals surface area contributed by atoms with Crippen LogP contribution >= 0.6 is 31.9 Å². The van der Waals surface area contributed by atoms with Crippen LogP contribution in [0.25, 0.3) is 11.0 Å². The summed E-state index contributed by atoms with van der Waals surface area (Å²) in [5.74, 6) is 0. The number of halogens is 2. The van der Waals surface area contributed by atoms with Crippen molar-refractivity contribution in [2.24, 2.45) is 0 Å². The zero-order valence-electron chi connectivity index (χ0n) is 7.81. The second-order valence-corrected chi connectivity index (χ2v) is 4.55. The standard InChI is InChI=1S/C7H2Br2N4O4/c8-2-4-5(11-1-10-4)7(13(16)17)3(9)6(2)12(14)15/h1H,(H,10,11). The number of rotatable bonds is 2. The van der Waals surface area contributed by atoms with Crippen molar-refractivity contribution in [2.45, 2.75) is 0 Å². The van der Waals surface area contributed by atoms with Crippen LogP contribution in [0.3, 0.4) is 0 Å². The lowest BCUT2D eigenvalue weighted by atomic mass is 10.2. The Labute approximate surface area is 110 Å². The van der Waals surface area contributed by atoms with Gasteiger partial charge in [0.2, 0.25) is 0 Å². The molecule has 0 aliphatic carbocycles. The van der Waals surface area contributed by atoms with Crippen LogP contribution < -0.4 is 0 Å². The average Bonchev–Trinajstić information content (AvgIpc) is 2.65. The number of aromatic nitrogens is 2. The smallest absolute Gasteiger partial charge is 0.318 e. The number of nitrogens with one attached hydrogen (secondary N) is 1. The maximum Gasteiger partial charge on any atom is 0.318 e. The van der Waals surface area contributed by atoms with E-state index in [9.17, 15) is 20.2 Å². The summed E-state index contributed by atoms with van der Waals surface area (Å²) in [7, 11) is 0. The van der Waals surface area contributed by atoms with Gasteiger partial charge >= 0.3 is 11.4 Å². The van der Waals surface area contributed by atoms with Gasteiger partial charge in [0, 0.05) is 0 Å². The van der Waals surface area contributed by atoms with Crippen molar-refractivity contribution in [3.8, 4) is 0 Å². The Morgan fingerprint density at radius 1 is 1.12 bits per heavy atom. The molecule has 10 heteroatoms. The number of imidazole rings is 1. The minimum Gasteiger partial charge on any atom is -0.343 e. The number of nitro benzene ring substituents is 2. The number of fused-ring (bicyclic) bond motifs is 1. The van der Waals surface area contributed by atoms with Crippen LogP contribution in [0.1, 0.15) is 0 Å². The van der Waals surface area contributed by atoms with Crippen LogP contribution in [-0.2, 0) is 0 Å². The Hall–Kier alpha value is -1.55. The van der Waals surface area contributed by atoms with Gasteiger partial charge in [0.15, 0.2) is 9.99 Å². The van der Waals surface area contributed by atoms with E-state index in [1.54, 1.807) is 0 Å². The number of benzene rings is 1. The van der Waals surface area contributed by atoms with Crippen LogP contribution in [0, 0.1) is 20.2 Å². The number of aromatic amines is 1. The molecule has 17 heavy (non-hydrogen) atoms. The quantitative estimate of drug-likeness (QED) is 0.648. The molecule has 0 spiro atoms. The Kier molecular flexibility index (Phi) is 2.83. The van der Waals surface area contributed by atoms with E-state index in [0.717, 1.165) is 0 Å². The highest BCUT2D eigenvalue weighted by molar-refractivity contribution is 9.11. The molecule has 2 rings (SSSR count). The third-order valence-corrected chi connectivity index (χ3v) is 3.60. The van der Waals surface area contributed by atoms with Crippen molar-refractivity contribution >= 4 is 54.3 Å². The minimum absolute atomic E-state index is 0.0550. The van der Waals surface area contributed by atoms with Crippen LogP contribution in [-0.4, -0.2) is 19.8 Å². The lowest BCUT2D eigenvalue weighted by molar-refractivity contribution is -0.395. The number of hydrogen-bond acceptors (Lipinski definition) is 5. The predicted octanol–water partition coefficient (Wildman–Crippen LogP) is 2.90. The highest BCUT2D eigenvalue weighted by Gasteiger charge is 2.32. The molecule has 0 aliphatic rings. The Morgan fingerprint density at radius 2 is 1.71 bits per heavy atom. The molecule has 8 nitrogen and oxygen atoms in total. The molecule has 0 radical (unpaired) electrons. The topological polar surface area (TPSA) is 115 Å². The summed E-state index contributed by atoms with van der Waals surface area (Å²) in [6.07, 6.45) is 1.23. The molecule has 0 fully saturated rings. The number of H-pyrrole nitrogens is 1. The maximum atomic E-state index is 10.9. The minimum atomic E-state index is -0.716. The summed E-state index contributed by atoms with van der Waals surface area (Å²) in [6, 6.07) is 0. The molecule has 0 amide bonds. The molecule has 0 aliphatic heterocycles. The second-order valence-electron chi connectivity index (χ2n) is 2.97. The van der Waals surface area contributed by atoms with E-state index >= 15 is 0 Å².